The van der Waals surface area contributed by atoms with Gasteiger partial charge in [0.1, 0.15) is 5.69 Å². The SMILES string of the molecule is C[C@@H](c1ccccc1)n1c(O)nc2ncc(C(=O)N(C)C)nc21. The molecule has 0 unspecified atom stereocenters. The zero-order valence-corrected chi connectivity index (χ0v) is 13.1. The first-order valence-corrected chi connectivity index (χ1v) is 7.19. The minimum absolute atomic E-state index is 0.175. The molecule has 2 aromatic heterocycles. The largest absolute Gasteiger partial charge is 0.480 e. The Labute approximate surface area is 133 Å². The highest BCUT2D eigenvalue weighted by atomic mass is 16.3. The molecule has 1 N–H and O–H groups in total. The lowest BCUT2D eigenvalue weighted by Crippen LogP contribution is -2.23. The van der Waals surface area contributed by atoms with Crippen molar-refractivity contribution in [3.63, 3.8) is 0 Å². The number of imidazole rings is 1. The van der Waals surface area contributed by atoms with Crippen molar-refractivity contribution in [3.8, 4) is 6.01 Å². The quantitative estimate of drug-likeness (QED) is 0.798. The lowest BCUT2D eigenvalue weighted by atomic mass is 10.1. The summed E-state index contributed by atoms with van der Waals surface area (Å²) in [6.45, 7) is 1.93. The zero-order valence-electron chi connectivity index (χ0n) is 13.1. The molecule has 0 fully saturated rings. The van der Waals surface area contributed by atoms with Crippen molar-refractivity contribution in [1.29, 1.82) is 0 Å². The van der Waals surface area contributed by atoms with E-state index in [1.807, 2.05) is 37.3 Å². The highest BCUT2D eigenvalue weighted by Crippen LogP contribution is 2.27. The van der Waals surface area contributed by atoms with Crippen LogP contribution in [0.4, 0.5) is 0 Å². The molecule has 0 radical (unpaired) electrons. The highest BCUT2D eigenvalue weighted by Gasteiger charge is 2.21. The Hall–Kier alpha value is -2.96. The van der Waals surface area contributed by atoms with Gasteiger partial charge in [0, 0.05) is 14.1 Å². The van der Waals surface area contributed by atoms with Gasteiger partial charge < -0.3 is 10.0 Å². The second kappa shape index (κ2) is 5.68. The minimum Gasteiger partial charge on any atom is -0.480 e. The monoisotopic (exact) mass is 311 g/mol. The van der Waals surface area contributed by atoms with Gasteiger partial charge in [-0.3, -0.25) is 9.36 Å². The van der Waals surface area contributed by atoms with Gasteiger partial charge >= 0.3 is 0 Å². The van der Waals surface area contributed by atoms with Crippen molar-refractivity contribution in [3.05, 3.63) is 47.8 Å². The van der Waals surface area contributed by atoms with Crippen molar-refractivity contribution in [2.45, 2.75) is 13.0 Å². The summed E-state index contributed by atoms with van der Waals surface area (Å²) in [5, 5.41) is 10.2. The Morgan fingerprint density at radius 3 is 2.57 bits per heavy atom. The molecule has 0 aliphatic rings. The van der Waals surface area contributed by atoms with Crippen molar-refractivity contribution < 1.29 is 9.90 Å². The number of hydrogen-bond acceptors (Lipinski definition) is 5. The lowest BCUT2D eigenvalue weighted by molar-refractivity contribution is 0.0822. The van der Waals surface area contributed by atoms with Crippen molar-refractivity contribution in [2.75, 3.05) is 14.1 Å². The normalized spacial score (nSPS) is 12.3. The average Bonchev–Trinajstić information content (AvgIpc) is 2.89. The number of carbonyl (C=O) groups is 1. The van der Waals surface area contributed by atoms with Crippen molar-refractivity contribution in [1.82, 2.24) is 24.4 Å². The molecule has 0 aliphatic heterocycles. The molecule has 3 aromatic rings. The number of rotatable bonds is 3. The van der Waals surface area contributed by atoms with Gasteiger partial charge in [-0.1, -0.05) is 30.3 Å². The first-order chi connectivity index (χ1) is 11.0. The molecule has 0 saturated heterocycles. The Morgan fingerprint density at radius 1 is 1.22 bits per heavy atom. The Bertz CT molecular complexity index is 858. The Morgan fingerprint density at radius 2 is 1.91 bits per heavy atom. The van der Waals surface area contributed by atoms with E-state index in [0.29, 0.717) is 11.3 Å². The van der Waals surface area contributed by atoms with Crippen LogP contribution in [-0.2, 0) is 0 Å². The van der Waals surface area contributed by atoms with Crippen LogP contribution in [0.25, 0.3) is 11.3 Å². The van der Waals surface area contributed by atoms with E-state index in [1.165, 1.54) is 11.1 Å². The van der Waals surface area contributed by atoms with E-state index in [9.17, 15) is 9.90 Å². The summed E-state index contributed by atoms with van der Waals surface area (Å²) in [5.74, 6) is -0.251. The second-order valence-corrected chi connectivity index (χ2v) is 5.47. The number of hydrogen-bond donors (Lipinski definition) is 1. The maximum Gasteiger partial charge on any atom is 0.298 e. The smallest absolute Gasteiger partial charge is 0.298 e. The number of aromatic nitrogens is 4. The Kier molecular flexibility index (Phi) is 3.69. The molecular formula is C16H17N5O2. The summed E-state index contributed by atoms with van der Waals surface area (Å²) in [6, 6.07) is 9.32. The summed E-state index contributed by atoms with van der Waals surface area (Å²) in [4.78, 5) is 26.0. The third kappa shape index (κ3) is 2.61. The number of carbonyl (C=O) groups excluding carboxylic acids is 1. The number of amides is 1. The molecule has 7 heteroatoms. The first kappa shape index (κ1) is 15.0. The molecule has 0 bridgehead atoms. The summed E-state index contributed by atoms with van der Waals surface area (Å²) in [5.41, 5.74) is 1.89. The molecule has 1 atom stereocenters. The van der Waals surface area contributed by atoms with Crippen LogP contribution in [0.15, 0.2) is 36.5 Å². The van der Waals surface area contributed by atoms with Gasteiger partial charge in [0.05, 0.1) is 12.2 Å². The maximum absolute atomic E-state index is 12.1. The van der Waals surface area contributed by atoms with Gasteiger partial charge in [-0.05, 0) is 12.5 Å². The van der Waals surface area contributed by atoms with Crippen LogP contribution in [-0.4, -0.2) is 49.5 Å². The van der Waals surface area contributed by atoms with E-state index in [2.05, 4.69) is 15.0 Å². The molecule has 7 nitrogen and oxygen atoms in total. The van der Waals surface area contributed by atoms with E-state index in [1.54, 1.807) is 18.7 Å². The van der Waals surface area contributed by atoms with Gasteiger partial charge in [0.2, 0.25) is 5.65 Å². The fourth-order valence-corrected chi connectivity index (χ4v) is 2.43. The van der Waals surface area contributed by atoms with E-state index in [-0.39, 0.29) is 23.7 Å². The van der Waals surface area contributed by atoms with Crippen LogP contribution in [0.1, 0.15) is 29.0 Å². The highest BCUT2D eigenvalue weighted by molar-refractivity contribution is 5.93. The predicted molar refractivity (Wildman–Crippen MR) is 85.3 cm³/mol. The molecule has 3 rings (SSSR count). The van der Waals surface area contributed by atoms with Gasteiger partial charge in [0.15, 0.2) is 5.65 Å². The number of nitrogens with zero attached hydrogens (tertiary/aromatic N) is 5. The van der Waals surface area contributed by atoms with Gasteiger partial charge in [-0.2, -0.15) is 4.98 Å². The summed E-state index contributed by atoms with van der Waals surface area (Å²) in [6.07, 6.45) is 1.37. The summed E-state index contributed by atoms with van der Waals surface area (Å²) >= 11 is 0. The molecule has 1 amide bonds. The lowest BCUT2D eigenvalue weighted by Gasteiger charge is -2.15. The number of fused-ring (bicyclic) bond motifs is 1. The van der Waals surface area contributed by atoms with Crippen molar-refractivity contribution in [2.24, 2.45) is 0 Å². The van der Waals surface area contributed by atoms with E-state index in [0.717, 1.165) is 5.56 Å². The summed E-state index contributed by atoms with van der Waals surface area (Å²) < 4.78 is 1.57. The molecule has 2 heterocycles. The molecule has 0 aliphatic carbocycles. The van der Waals surface area contributed by atoms with E-state index >= 15 is 0 Å². The predicted octanol–water partition coefficient (Wildman–Crippen LogP) is 1.84. The Balaban J connectivity index is 2.14. The standard InChI is InChI=1S/C16H17N5O2/c1-10(11-7-5-4-6-8-11)21-14-13(19-16(21)23)17-9-12(18-14)15(22)20(2)3/h4-10H,1-3H3,(H,17,19,23)/t10-/m0/s1. The summed E-state index contributed by atoms with van der Waals surface area (Å²) in [7, 11) is 3.30. The van der Waals surface area contributed by atoms with Crippen LogP contribution >= 0.6 is 0 Å². The van der Waals surface area contributed by atoms with Crippen LogP contribution in [0.5, 0.6) is 6.01 Å². The van der Waals surface area contributed by atoms with Crippen LogP contribution in [0, 0.1) is 0 Å². The number of aromatic hydroxyl groups is 1. The van der Waals surface area contributed by atoms with Crippen molar-refractivity contribution >= 4 is 17.2 Å². The minimum atomic E-state index is -0.251. The topological polar surface area (TPSA) is 84.1 Å². The maximum atomic E-state index is 12.1. The molecule has 0 spiro atoms. The fourth-order valence-electron chi connectivity index (χ4n) is 2.43. The van der Waals surface area contributed by atoms with Crippen LogP contribution < -0.4 is 0 Å². The molecule has 0 saturated carbocycles. The van der Waals surface area contributed by atoms with Crippen LogP contribution in [0.3, 0.4) is 0 Å². The molecule has 1 aromatic carbocycles. The molecule has 23 heavy (non-hydrogen) atoms. The van der Waals surface area contributed by atoms with E-state index in [4.69, 9.17) is 0 Å². The fraction of sp³-hybridized carbons (Fsp3) is 0.250. The van der Waals surface area contributed by atoms with Gasteiger partial charge in [0.25, 0.3) is 11.9 Å². The van der Waals surface area contributed by atoms with E-state index < -0.39 is 0 Å². The third-order valence-electron chi connectivity index (χ3n) is 3.68. The van der Waals surface area contributed by atoms with Crippen LogP contribution in [0.2, 0.25) is 0 Å². The second-order valence-electron chi connectivity index (χ2n) is 5.47. The zero-order chi connectivity index (χ0) is 16.6. The average molecular weight is 311 g/mol. The van der Waals surface area contributed by atoms with Gasteiger partial charge in [-0.15, -0.1) is 0 Å². The molecule has 118 valence electrons. The first-order valence-electron chi connectivity index (χ1n) is 7.19. The van der Waals surface area contributed by atoms with Gasteiger partial charge in [-0.25, -0.2) is 9.97 Å². The number of benzene rings is 1. The molecular weight excluding hydrogens is 294 g/mol. The third-order valence-corrected chi connectivity index (χ3v) is 3.68.